The van der Waals surface area contributed by atoms with Gasteiger partial charge >= 0.3 is 6.36 Å². The maximum Gasteiger partial charge on any atom is 0.573 e. The number of hydrogen-bond donors (Lipinski definition) is 0. The summed E-state index contributed by atoms with van der Waals surface area (Å²) in [7, 11) is 1.58. The van der Waals surface area contributed by atoms with Gasteiger partial charge in [0.1, 0.15) is 5.75 Å². The number of rotatable bonds is 7. The van der Waals surface area contributed by atoms with Gasteiger partial charge in [-0.25, -0.2) is 0 Å². The number of anilines is 2. The van der Waals surface area contributed by atoms with E-state index >= 15 is 0 Å². The molecular weight excluding hydrogens is 405 g/mol. The predicted molar refractivity (Wildman–Crippen MR) is 117 cm³/mol. The predicted octanol–water partition coefficient (Wildman–Crippen LogP) is 6.16. The highest BCUT2D eigenvalue weighted by atomic mass is 19.4. The smallest absolute Gasteiger partial charge is 0.406 e. The molecule has 0 aliphatic carbocycles. The van der Waals surface area contributed by atoms with E-state index < -0.39 is 6.36 Å². The van der Waals surface area contributed by atoms with Crippen LogP contribution in [0, 0.1) is 0 Å². The molecule has 0 saturated carbocycles. The lowest BCUT2D eigenvalue weighted by Crippen LogP contribution is -2.25. The Morgan fingerprint density at radius 3 is 2.48 bits per heavy atom. The number of halogens is 3. The number of para-hydroxylation sites is 1. The molecule has 0 bridgehead atoms. The molecule has 7 heteroatoms. The number of unbranched alkanes of at least 4 members (excludes halogenated alkanes) is 2. The molecule has 1 amide bonds. The van der Waals surface area contributed by atoms with Crippen LogP contribution in [-0.2, 0) is 4.79 Å². The molecule has 0 aromatic heterocycles. The van der Waals surface area contributed by atoms with E-state index in [-0.39, 0.29) is 11.7 Å². The van der Waals surface area contributed by atoms with Crippen LogP contribution < -0.4 is 14.5 Å². The van der Waals surface area contributed by atoms with Gasteiger partial charge in [-0.15, -0.1) is 13.2 Å². The molecule has 0 radical (unpaired) electrons. The fourth-order valence-electron chi connectivity index (χ4n) is 3.39. The third kappa shape index (κ3) is 5.90. The number of ether oxygens (including phenoxy) is 1. The number of amides is 1. The van der Waals surface area contributed by atoms with Gasteiger partial charge in [0.15, 0.2) is 0 Å². The number of carbonyl (C=O) groups excluding carboxylic acids is 1. The van der Waals surface area contributed by atoms with E-state index in [1.165, 1.54) is 29.2 Å². The van der Waals surface area contributed by atoms with Crippen molar-refractivity contribution in [3.63, 3.8) is 0 Å². The van der Waals surface area contributed by atoms with Crippen LogP contribution in [0.15, 0.2) is 66.9 Å². The quantitative estimate of drug-likeness (QED) is 0.390. The molecule has 0 saturated heterocycles. The van der Waals surface area contributed by atoms with Crippen LogP contribution in [-0.4, -0.2) is 25.9 Å². The SMILES string of the molecule is CCCCCN1C=C/C(=C\C(=O)N(C)c2ccc(OC(F)(F)F)cc2)c2ccccc21. The monoisotopic (exact) mass is 430 g/mol. The molecule has 1 aliphatic rings. The summed E-state index contributed by atoms with van der Waals surface area (Å²) < 4.78 is 40.8. The lowest BCUT2D eigenvalue weighted by Gasteiger charge is -2.28. The van der Waals surface area contributed by atoms with E-state index in [4.69, 9.17) is 0 Å². The molecule has 2 aromatic rings. The second-order valence-electron chi connectivity index (χ2n) is 7.27. The molecule has 0 unspecified atom stereocenters. The third-order valence-electron chi connectivity index (χ3n) is 5.03. The Morgan fingerprint density at radius 2 is 1.81 bits per heavy atom. The Kier molecular flexibility index (Phi) is 7.05. The van der Waals surface area contributed by atoms with E-state index in [0.29, 0.717) is 5.69 Å². The zero-order valence-corrected chi connectivity index (χ0v) is 17.5. The Hall–Kier alpha value is -3.22. The molecule has 0 N–H and O–H groups in total. The molecule has 2 aromatic carbocycles. The summed E-state index contributed by atoms with van der Waals surface area (Å²) in [6.45, 7) is 3.08. The van der Waals surface area contributed by atoms with Gasteiger partial charge < -0.3 is 14.5 Å². The van der Waals surface area contributed by atoms with E-state index in [9.17, 15) is 18.0 Å². The minimum absolute atomic E-state index is 0.279. The van der Waals surface area contributed by atoms with Crippen LogP contribution >= 0.6 is 0 Å². The number of likely N-dealkylation sites (N-methyl/N-ethyl adjacent to an activating group) is 1. The number of carbonyl (C=O) groups is 1. The third-order valence-corrected chi connectivity index (χ3v) is 5.03. The molecule has 0 fully saturated rings. The van der Waals surface area contributed by atoms with Crippen LogP contribution in [0.4, 0.5) is 24.5 Å². The summed E-state index contributed by atoms with van der Waals surface area (Å²) in [5.41, 5.74) is 3.27. The van der Waals surface area contributed by atoms with Crippen LogP contribution in [0.5, 0.6) is 5.75 Å². The average Bonchev–Trinajstić information content (AvgIpc) is 2.74. The maximum absolute atomic E-state index is 12.8. The van der Waals surface area contributed by atoms with E-state index in [1.807, 2.05) is 36.5 Å². The second kappa shape index (κ2) is 9.73. The molecule has 4 nitrogen and oxygen atoms in total. The van der Waals surface area contributed by atoms with Crippen molar-refractivity contribution in [1.82, 2.24) is 0 Å². The molecular formula is C24H25F3N2O2. The highest BCUT2D eigenvalue weighted by Gasteiger charge is 2.31. The van der Waals surface area contributed by atoms with Gasteiger partial charge in [0, 0.05) is 42.8 Å². The van der Waals surface area contributed by atoms with E-state index in [2.05, 4.69) is 16.6 Å². The lowest BCUT2D eigenvalue weighted by atomic mass is 9.99. The van der Waals surface area contributed by atoms with E-state index in [1.54, 1.807) is 13.1 Å². The molecule has 1 aliphatic heterocycles. The molecule has 3 rings (SSSR count). The van der Waals surface area contributed by atoms with Crippen LogP contribution in [0.1, 0.15) is 31.7 Å². The molecule has 164 valence electrons. The van der Waals surface area contributed by atoms with Crippen molar-refractivity contribution in [1.29, 1.82) is 0 Å². The topological polar surface area (TPSA) is 32.8 Å². The summed E-state index contributed by atoms with van der Waals surface area (Å²) in [6.07, 6.45) is 4.09. The first-order valence-electron chi connectivity index (χ1n) is 10.2. The maximum atomic E-state index is 12.8. The fraction of sp³-hybridized carbons (Fsp3) is 0.292. The molecule has 1 heterocycles. The zero-order chi connectivity index (χ0) is 22.4. The first-order chi connectivity index (χ1) is 14.8. The summed E-state index contributed by atoms with van der Waals surface area (Å²) in [4.78, 5) is 16.4. The Morgan fingerprint density at radius 1 is 1.10 bits per heavy atom. The highest BCUT2D eigenvalue weighted by molar-refractivity contribution is 6.07. The zero-order valence-electron chi connectivity index (χ0n) is 17.5. The van der Waals surface area contributed by atoms with Crippen molar-refractivity contribution < 1.29 is 22.7 Å². The average molecular weight is 430 g/mol. The molecule has 31 heavy (non-hydrogen) atoms. The van der Waals surface area contributed by atoms with Gasteiger partial charge in [-0.05, 0) is 48.4 Å². The van der Waals surface area contributed by atoms with E-state index in [0.717, 1.165) is 42.6 Å². The van der Waals surface area contributed by atoms with Crippen molar-refractivity contribution in [2.45, 2.75) is 32.5 Å². The summed E-state index contributed by atoms with van der Waals surface area (Å²) in [5.74, 6) is -0.610. The first kappa shape index (κ1) is 22.5. The first-order valence-corrected chi connectivity index (χ1v) is 10.2. The summed E-state index contributed by atoms with van der Waals surface area (Å²) in [5, 5.41) is 0. The fourth-order valence-corrected chi connectivity index (χ4v) is 3.39. The van der Waals surface area contributed by atoms with Crippen molar-refractivity contribution >= 4 is 22.9 Å². The van der Waals surface area contributed by atoms with Crippen molar-refractivity contribution in [3.8, 4) is 5.75 Å². The number of hydrogen-bond acceptors (Lipinski definition) is 3. The van der Waals surface area contributed by atoms with Gasteiger partial charge in [-0.1, -0.05) is 38.0 Å². The Labute approximate surface area is 180 Å². The van der Waals surface area contributed by atoms with Gasteiger partial charge in [0.25, 0.3) is 5.91 Å². The number of alkyl halides is 3. The second-order valence-corrected chi connectivity index (χ2v) is 7.27. The minimum atomic E-state index is -4.75. The molecule has 0 atom stereocenters. The summed E-state index contributed by atoms with van der Waals surface area (Å²) in [6, 6.07) is 13.1. The minimum Gasteiger partial charge on any atom is -0.406 e. The van der Waals surface area contributed by atoms with Crippen LogP contribution in [0.3, 0.4) is 0 Å². The van der Waals surface area contributed by atoms with Crippen molar-refractivity contribution in [2.24, 2.45) is 0 Å². The number of fused-ring (bicyclic) bond motifs is 1. The van der Waals surface area contributed by atoms with Crippen molar-refractivity contribution in [2.75, 3.05) is 23.4 Å². The van der Waals surface area contributed by atoms with Crippen LogP contribution in [0.2, 0.25) is 0 Å². The normalized spacial score (nSPS) is 14.5. The standard InChI is InChI=1S/C24H25F3N2O2/c1-3-4-7-15-29-16-14-18(21-8-5-6-9-22(21)29)17-23(30)28(2)19-10-12-20(13-11-19)31-24(25,26)27/h5-6,8-14,16-17H,3-4,7,15H2,1-2H3/b18-17+. The summed E-state index contributed by atoms with van der Waals surface area (Å²) >= 11 is 0. The van der Waals surface area contributed by atoms with Gasteiger partial charge in [-0.2, -0.15) is 0 Å². The van der Waals surface area contributed by atoms with Gasteiger partial charge in [-0.3, -0.25) is 4.79 Å². The van der Waals surface area contributed by atoms with Crippen molar-refractivity contribution in [3.05, 3.63) is 72.4 Å². The molecule has 0 spiro atoms. The Balaban J connectivity index is 1.76. The lowest BCUT2D eigenvalue weighted by molar-refractivity contribution is -0.274. The number of allylic oxidation sites excluding steroid dienone is 2. The Bertz CT molecular complexity index is 966. The van der Waals surface area contributed by atoms with Gasteiger partial charge in [0.2, 0.25) is 0 Å². The van der Waals surface area contributed by atoms with Crippen LogP contribution in [0.25, 0.3) is 5.57 Å². The highest BCUT2D eigenvalue weighted by Crippen LogP contribution is 2.33. The number of nitrogens with zero attached hydrogens (tertiary/aromatic N) is 2. The number of benzene rings is 2. The van der Waals surface area contributed by atoms with Gasteiger partial charge in [0.05, 0.1) is 0 Å². The largest absolute Gasteiger partial charge is 0.573 e.